The Balaban J connectivity index is 1.54. The van der Waals surface area contributed by atoms with Gasteiger partial charge in [0.15, 0.2) is 9.84 Å². The average Bonchev–Trinajstić information content (AvgIpc) is 2.59. The van der Waals surface area contributed by atoms with E-state index in [1.54, 1.807) is 29.2 Å². The molecule has 5 nitrogen and oxygen atoms in total. The second kappa shape index (κ2) is 7.27. The number of nitrogens with zero attached hydrogens (tertiary/aromatic N) is 1. The van der Waals surface area contributed by atoms with Crippen LogP contribution in [0.3, 0.4) is 0 Å². The molecule has 25 heavy (non-hydrogen) atoms. The van der Waals surface area contributed by atoms with Gasteiger partial charge in [-0.05, 0) is 36.2 Å². The number of amides is 1. The number of hydrogen-bond acceptors (Lipinski definition) is 4. The lowest BCUT2D eigenvalue weighted by molar-refractivity contribution is -0.134. The van der Waals surface area contributed by atoms with Crippen molar-refractivity contribution in [3.05, 3.63) is 60.2 Å². The molecule has 0 aromatic heterocycles. The summed E-state index contributed by atoms with van der Waals surface area (Å²) in [6.45, 7) is 0.532. The molecule has 0 radical (unpaired) electrons. The minimum Gasteiger partial charge on any atom is -0.497 e. The number of carbonyl (C=O) groups is 1. The molecular weight excluding hydrogens is 338 g/mol. The zero-order chi connectivity index (χ0) is 17.9. The van der Waals surface area contributed by atoms with Gasteiger partial charge in [-0.1, -0.05) is 30.3 Å². The molecule has 1 saturated heterocycles. The Kier molecular flexibility index (Phi) is 5.08. The Bertz CT molecular complexity index is 825. The summed E-state index contributed by atoms with van der Waals surface area (Å²) in [6.07, 6.45) is 1.07. The molecule has 1 aliphatic rings. The number of hydrogen-bond donors (Lipinski definition) is 0. The van der Waals surface area contributed by atoms with E-state index in [0.29, 0.717) is 18.6 Å². The number of ether oxygens (including phenoxy) is 1. The van der Waals surface area contributed by atoms with Crippen molar-refractivity contribution < 1.29 is 17.9 Å². The molecule has 132 valence electrons. The third-order valence-electron chi connectivity index (χ3n) is 4.50. The summed E-state index contributed by atoms with van der Waals surface area (Å²) in [5.41, 5.74) is 1.11. The van der Waals surface area contributed by atoms with Crippen LogP contribution in [0.15, 0.2) is 59.5 Å². The molecule has 0 spiro atoms. The van der Waals surface area contributed by atoms with Crippen molar-refractivity contribution in [2.45, 2.75) is 23.0 Å². The first-order valence-corrected chi connectivity index (χ1v) is 9.75. The summed E-state index contributed by atoms with van der Waals surface area (Å²) in [5, 5.41) is -0.526. The number of benzene rings is 2. The van der Waals surface area contributed by atoms with Crippen LogP contribution in [0.25, 0.3) is 0 Å². The van der Waals surface area contributed by atoms with Crippen LogP contribution in [-0.4, -0.2) is 44.7 Å². The molecule has 0 bridgehead atoms. The molecule has 1 heterocycles. The summed E-state index contributed by atoms with van der Waals surface area (Å²) in [6, 6.07) is 16.2. The molecule has 0 atom stereocenters. The van der Waals surface area contributed by atoms with Gasteiger partial charge in [-0.15, -0.1) is 0 Å². The highest BCUT2D eigenvalue weighted by Crippen LogP contribution is 2.26. The minimum absolute atomic E-state index is 0.00466. The molecule has 0 aliphatic carbocycles. The maximum atomic E-state index is 12.6. The summed E-state index contributed by atoms with van der Waals surface area (Å²) in [4.78, 5) is 14.1. The molecule has 0 N–H and O–H groups in total. The quantitative estimate of drug-likeness (QED) is 0.794. The highest BCUT2D eigenvalue weighted by Gasteiger charge is 2.40. The van der Waals surface area contributed by atoms with Crippen molar-refractivity contribution in [1.82, 2.24) is 4.90 Å². The van der Waals surface area contributed by atoms with Crippen LogP contribution in [0.5, 0.6) is 5.75 Å². The first-order valence-electron chi connectivity index (χ1n) is 8.20. The molecule has 2 aromatic rings. The number of likely N-dealkylation sites (tertiary alicyclic amines) is 1. The van der Waals surface area contributed by atoms with E-state index in [-0.39, 0.29) is 23.9 Å². The van der Waals surface area contributed by atoms with Gasteiger partial charge in [-0.2, -0.15) is 0 Å². The van der Waals surface area contributed by atoms with E-state index in [9.17, 15) is 13.2 Å². The molecule has 2 aromatic carbocycles. The van der Waals surface area contributed by atoms with Crippen LogP contribution in [-0.2, 0) is 21.1 Å². The van der Waals surface area contributed by atoms with E-state index < -0.39 is 15.1 Å². The Morgan fingerprint density at radius 1 is 1.08 bits per heavy atom. The zero-order valence-corrected chi connectivity index (χ0v) is 14.9. The van der Waals surface area contributed by atoms with Crippen molar-refractivity contribution >= 4 is 15.7 Å². The van der Waals surface area contributed by atoms with Crippen molar-refractivity contribution in [3.8, 4) is 5.75 Å². The standard InChI is InChI=1S/C19H21NO4S/c1-24-16-8-10-17(11-9-16)25(22,23)18-13-20(14-18)19(21)12-7-15-5-3-2-4-6-15/h2-6,8-11,18H,7,12-14H2,1H3. The average molecular weight is 359 g/mol. The van der Waals surface area contributed by atoms with Crippen LogP contribution in [0.1, 0.15) is 12.0 Å². The Morgan fingerprint density at radius 3 is 2.32 bits per heavy atom. The lowest BCUT2D eigenvalue weighted by Crippen LogP contribution is -2.56. The van der Waals surface area contributed by atoms with Crippen LogP contribution in [0.2, 0.25) is 0 Å². The van der Waals surface area contributed by atoms with Crippen molar-refractivity contribution in [1.29, 1.82) is 0 Å². The second-order valence-corrected chi connectivity index (χ2v) is 8.35. The molecule has 0 saturated carbocycles. The normalized spacial score (nSPS) is 14.8. The monoisotopic (exact) mass is 359 g/mol. The smallest absolute Gasteiger partial charge is 0.222 e. The number of rotatable bonds is 6. The molecular formula is C19H21NO4S. The lowest BCUT2D eigenvalue weighted by atomic mass is 10.1. The van der Waals surface area contributed by atoms with E-state index >= 15 is 0 Å². The number of aryl methyl sites for hydroxylation is 1. The topological polar surface area (TPSA) is 63.7 Å². The summed E-state index contributed by atoms with van der Waals surface area (Å²) >= 11 is 0. The maximum Gasteiger partial charge on any atom is 0.222 e. The van der Waals surface area contributed by atoms with Gasteiger partial charge in [0.2, 0.25) is 5.91 Å². The van der Waals surface area contributed by atoms with Crippen LogP contribution < -0.4 is 4.74 Å². The number of carbonyl (C=O) groups excluding carboxylic acids is 1. The van der Waals surface area contributed by atoms with Crippen LogP contribution in [0, 0.1) is 0 Å². The van der Waals surface area contributed by atoms with Gasteiger partial charge in [0.05, 0.1) is 12.0 Å². The molecule has 1 amide bonds. The van der Waals surface area contributed by atoms with E-state index in [1.165, 1.54) is 7.11 Å². The predicted molar refractivity (Wildman–Crippen MR) is 95.3 cm³/mol. The van der Waals surface area contributed by atoms with Crippen LogP contribution in [0.4, 0.5) is 0 Å². The van der Waals surface area contributed by atoms with Gasteiger partial charge in [0.25, 0.3) is 0 Å². The Hall–Kier alpha value is -2.34. The van der Waals surface area contributed by atoms with Crippen LogP contribution >= 0.6 is 0 Å². The van der Waals surface area contributed by atoms with Gasteiger partial charge in [0, 0.05) is 19.5 Å². The second-order valence-electron chi connectivity index (χ2n) is 6.13. The molecule has 0 unspecified atom stereocenters. The third-order valence-corrected chi connectivity index (χ3v) is 6.60. The fourth-order valence-electron chi connectivity index (χ4n) is 2.85. The SMILES string of the molecule is COc1ccc(S(=O)(=O)C2CN(C(=O)CCc3ccccc3)C2)cc1. The van der Waals surface area contributed by atoms with Gasteiger partial charge in [0.1, 0.15) is 11.0 Å². The molecule has 3 rings (SSSR count). The van der Waals surface area contributed by atoms with E-state index in [0.717, 1.165) is 5.56 Å². The van der Waals surface area contributed by atoms with Crippen molar-refractivity contribution in [3.63, 3.8) is 0 Å². The van der Waals surface area contributed by atoms with Crippen molar-refractivity contribution in [2.75, 3.05) is 20.2 Å². The maximum absolute atomic E-state index is 12.6. The lowest BCUT2D eigenvalue weighted by Gasteiger charge is -2.38. The fourth-order valence-corrected chi connectivity index (χ4v) is 4.50. The summed E-state index contributed by atoms with van der Waals surface area (Å²) in [5.74, 6) is 0.621. The number of methoxy groups -OCH3 is 1. The van der Waals surface area contributed by atoms with Crippen molar-refractivity contribution in [2.24, 2.45) is 0 Å². The minimum atomic E-state index is -3.41. The fraction of sp³-hybridized carbons (Fsp3) is 0.316. The van der Waals surface area contributed by atoms with E-state index in [2.05, 4.69) is 0 Å². The summed E-state index contributed by atoms with van der Waals surface area (Å²) < 4.78 is 30.2. The molecule has 1 aliphatic heterocycles. The predicted octanol–water partition coefficient (Wildman–Crippen LogP) is 2.31. The Morgan fingerprint density at radius 2 is 1.72 bits per heavy atom. The van der Waals surface area contributed by atoms with Gasteiger partial charge in [-0.25, -0.2) is 8.42 Å². The molecule has 6 heteroatoms. The van der Waals surface area contributed by atoms with E-state index in [4.69, 9.17) is 4.74 Å². The molecule has 1 fully saturated rings. The highest BCUT2D eigenvalue weighted by molar-refractivity contribution is 7.92. The Labute approximate surface area is 148 Å². The third kappa shape index (κ3) is 3.85. The van der Waals surface area contributed by atoms with E-state index in [1.807, 2.05) is 30.3 Å². The largest absolute Gasteiger partial charge is 0.497 e. The van der Waals surface area contributed by atoms with Gasteiger partial charge >= 0.3 is 0 Å². The highest BCUT2D eigenvalue weighted by atomic mass is 32.2. The zero-order valence-electron chi connectivity index (χ0n) is 14.1. The first kappa shape index (κ1) is 17.5. The summed E-state index contributed by atoms with van der Waals surface area (Å²) in [7, 11) is -1.87. The van der Waals surface area contributed by atoms with Gasteiger partial charge in [-0.3, -0.25) is 4.79 Å². The van der Waals surface area contributed by atoms with Gasteiger partial charge < -0.3 is 9.64 Å². The first-order chi connectivity index (χ1) is 12.0. The number of sulfone groups is 1.